The lowest BCUT2D eigenvalue weighted by molar-refractivity contribution is 0.485. The Balaban J connectivity index is 1.76. The molecule has 4 rings (SSSR count). The molecule has 4 aromatic rings. The molecule has 1 atom stereocenters. The number of aromatic nitrogens is 2. The molecule has 1 aromatic heterocycles. The van der Waals surface area contributed by atoms with Crippen LogP contribution in [0.3, 0.4) is 0 Å². The van der Waals surface area contributed by atoms with E-state index in [1.165, 1.54) is 6.07 Å². The van der Waals surface area contributed by atoms with Gasteiger partial charge in [0.1, 0.15) is 11.9 Å². The van der Waals surface area contributed by atoms with E-state index in [2.05, 4.69) is 15.5 Å². The molecule has 5 heteroatoms. The molecular formula is C22H18FN3O. The Morgan fingerprint density at radius 2 is 1.56 bits per heavy atom. The number of nitrogens with zero attached hydrogens (tertiary/aromatic N) is 2. The van der Waals surface area contributed by atoms with Crippen LogP contribution in [-0.4, -0.2) is 10.2 Å². The van der Waals surface area contributed by atoms with Gasteiger partial charge in [-0.3, -0.25) is 0 Å². The van der Waals surface area contributed by atoms with Gasteiger partial charge in [-0.1, -0.05) is 54.6 Å². The molecule has 0 aliphatic rings. The van der Waals surface area contributed by atoms with E-state index in [-0.39, 0.29) is 5.82 Å². The van der Waals surface area contributed by atoms with Gasteiger partial charge in [-0.2, -0.15) is 0 Å². The van der Waals surface area contributed by atoms with E-state index in [1.54, 1.807) is 18.2 Å². The lowest BCUT2D eigenvalue weighted by atomic mass is 10.0. The average Bonchev–Trinajstić information content (AvgIpc) is 3.19. The molecule has 3 aromatic carbocycles. The SMILES string of the molecule is Cc1ccccc1N[C@H](c1nnc(-c2ccccc2)o1)c1ccccc1F. The van der Waals surface area contributed by atoms with Gasteiger partial charge in [-0.15, -0.1) is 10.2 Å². The van der Waals surface area contributed by atoms with E-state index in [1.807, 2.05) is 61.5 Å². The van der Waals surface area contributed by atoms with Crippen molar-refractivity contribution in [2.45, 2.75) is 13.0 Å². The van der Waals surface area contributed by atoms with Crippen molar-refractivity contribution in [1.29, 1.82) is 0 Å². The van der Waals surface area contributed by atoms with Gasteiger partial charge in [-0.25, -0.2) is 4.39 Å². The molecule has 0 radical (unpaired) electrons. The first-order valence-corrected chi connectivity index (χ1v) is 8.68. The van der Waals surface area contributed by atoms with Crippen LogP contribution in [0.25, 0.3) is 11.5 Å². The Kier molecular flexibility index (Phi) is 4.66. The largest absolute Gasteiger partial charge is 0.418 e. The maximum atomic E-state index is 14.5. The summed E-state index contributed by atoms with van der Waals surface area (Å²) in [5.41, 5.74) is 3.19. The second kappa shape index (κ2) is 7.41. The predicted octanol–water partition coefficient (Wildman–Crippen LogP) is 5.39. The van der Waals surface area contributed by atoms with E-state index in [4.69, 9.17) is 4.42 Å². The molecule has 0 saturated heterocycles. The van der Waals surface area contributed by atoms with Gasteiger partial charge < -0.3 is 9.73 Å². The van der Waals surface area contributed by atoms with Crippen molar-refractivity contribution in [3.8, 4) is 11.5 Å². The molecular weight excluding hydrogens is 341 g/mol. The molecule has 0 spiro atoms. The van der Waals surface area contributed by atoms with Gasteiger partial charge in [-0.05, 0) is 36.8 Å². The van der Waals surface area contributed by atoms with Crippen molar-refractivity contribution in [3.05, 3.63) is 102 Å². The fourth-order valence-electron chi connectivity index (χ4n) is 2.92. The number of nitrogens with one attached hydrogen (secondary N) is 1. The topological polar surface area (TPSA) is 51.0 Å². The number of benzene rings is 3. The van der Waals surface area contributed by atoms with Crippen LogP contribution in [0.15, 0.2) is 83.3 Å². The molecule has 0 bridgehead atoms. The standard InChI is InChI=1S/C22H18FN3O/c1-15-9-5-8-14-19(15)24-20(17-12-6-7-13-18(17)23)22-26-25-21(27-22)16-10-3-2-4-11-16/h2-14,20,24H,1H3/t20-/m0/s1. The van der Waals surface area contributed by atoms with E-state index >= 15 is 0 Å². The molecule has 4 nitrogen and oxygen atoms in total. The van der Waals surface area contributed by atoms with Crippen LogP contribution in [0.5, 0.6) is 0 Å². The molecule has 0 aliphatic heterocycles. The first kappa shape index (κ1) is 17.0. The zero-order valence-corrected chi connectivity index (χ0v) is 14.8. The zero-order chi connectivity index (χ0) is 18.6. The molecule has 1 heterocycles. The number of aryl methyl sites for hydroxylation is 1. The third-order valence-corrected chi connectivity index (χ3v) is 4.37. The smallest absolute Gasteiger partial charge is 0.247 e. The van der Waals surface area contributed by atoms with Gasteiger partial charge in [0.15, 0.2) is 0 Å². The highest BCUT2D eigenvalue weighted by Gasteiger charge is 2.24. The maximum Gasteiger partial charge on any atom is 0.247 e. The van der Waals surface area contributed by atoms with Crippen molar-refractivity contribution in [2.75, 3.05) is 5.32 Å². The first-order valence-electron chi connectivity index (χ1n) is 8.68. The van der Waals surface area contributed by atoms with Gasteiger partial charge in [0.2, 0.25) is 11.8 Å². The normalized spacial score (nSPS) is 11.9. The van der Waals surface area contributed by atoms with Gasteiger partial charge in [0.25, 0.3) is 0 Å². The van der Waals surface area contributed by atoms with Crippen LogP contribution in [0.2, 0.25) is 0 Å². The third kappa shape index (κ3) is 3.58. The summed E-state index contributed by atoms with van der Waals surface area (Å²) in [7, 11) is 0. The average molecular weight is 359 g/mol. The predicted molar refractivity (Wildman–Crippen MR) is 103 cm³/mol. The zero-order valence-electron chi connectivity index (χ0n) is 14.8. The number of halogens is 1. The summed E-state index contributed by atoms with van der Waals surface area (Å²) in [5.74, 6) is 0.378. The number of para-hydroxylation sites is 1. The molecule has 0 saturated carbocycles. The van der Waals surface area contributed by atoms with Crippen LogP contribution in [0.4, 0.5) is 10.1 Å². The van der Waals surface area contributed by atoms with Gasteiger partial charge in [0.05, 0.1) is 0 Å². The molecule has 0 unspecified atom stereocenters. The van der Waals surface area contributed by atoms with E-state index in [0.717, 1.165) is 16.8 Å². The number of hydrogen-bond acceptors (Lipinski definition) is 4. The van der Waals surface area contributed by atoms with Crippen LogP contribution < -0.4 is 5.32 Å². The maximum absolute atomic E-state index is 14.5. The molecule has 0 fully saturated rings. The number of anilines is 1. The number of hydrogen-bond donors (Lipinski definition) is 1. The summed E-state index contributed by atoms with van der Waals surface area (Å²) in [5, 5.41) is 11.7. The van der Waals surface area contributed by atoms with Crippen molar-refractivity contribution in [2.24, 2.45) is 0 Å². The minimum absolute atomic E-state index is 0.308. The van der Waals surface area contributed by atoms with Crippen molar-refractivity contribution in [1.82, 2.24) is 10.2 Å². The van der Waals surface area contributed by atoms with Crippen LogP contribution in [-0.2, 0) is 0 Å². The van der Waals surface area contributed by atoms with Crippen LogP contribution in [0.1, 0.15) is 23.1 Å². The van der Waals surface area contributed by atoms with Crippen LogP contribution in [0, 0.1) is 12.7 Å². The van der Waals surface area contributed by atoms with Gasteiger partial charge in [0, 0.05) is 16.8 Å². The molecule has 27 heavy (non-hydrogen) atoms. The summed E-state index contributed by atoms with van der Waals surface area (Å²) in [6.45, 7) is 1.99. The monoisotopic (exact) mass is 359 g/mol. The van der Waals surface area contributed by atoms with Crippen LogP contribution >= 0.6 is 0 Å². The Morgan fingerprint density at radius 1 is 0.852 bits per heavy atom. The minimum atomic E-state index is -0.600. The molecule has 134 valence electrons. The van der Waals surface area contributed by atoms with Gasteiger partial charge >= 0.3 is 0 Å². The summed E-state index contributed by atoms with van der Waals surface area (Å²) < 4.78 is 20.4. The lowest BCUT2D eigenvalue weighted by Crippen LogP contribution is -2.15. The number of rotatable bonds is 5. The van der Waals surface area contributed by atoms with Crippen molar-refractivity contribution >= 4 is 5.69 Å². The highest BCUT2D eigenvalue weighted by Crippen LogP contribution is 2.30. The van der Waals surface area contributed by atoms with E-state index in [0.29, 0.717) is 17.3 Å². The van der Waals surface area contributed by atoms with E-state index < -0.39 is 6.04 Å². The Hall–Kier alpha value is -3.47. The summed E-state index contributed by atoms with van der Waals surface area (Å²) in [6.07, 6.45) is 0. The highest BCUT2D eigenvalue weighted by molar-refractivity contribution is 5.54. The lowest BCUT2D eigenvalue weighted by Gasteiger charge is -2.19. The quantitative estimate of drug-likeness (QED) is 0.519. The molecule has 0 aliphatic carbocycles. The first-order chi connectivity index (χ1) is 13.2. The molecule has 0 amide bonds. The van der Waals surface area contributed by atoms with Crippen molar-refractivity contribution in [3.63, 3.8) is 0 Å². The summed E-state index contributed by atoms with van der Waals surface area (Å²) in [6, 6.07) is 23.3. The second-order valence-corrected chi connectivity index (χ2v) is 6.23. The fraction of sp³-hybridized carbons (Fsp3) is 0.0909. The Bertz CT molecular complexity index is 1050. The van der Waals surface area contributed by atoms with E-state index in [9.17, 15) is 4.39 Å². The summed E-state index contributed by atoms with van der Waals surface area (Å²) >= 11 is 0. The Morgan fingerprint density at radius 3 is 2.33 bits per heavy atom. The highest BCUT2D eigenvalue weighted by atomic mass is 19.1. The second-order valence-electron chi connectivity index (χ2n) is 6.23. The fourth-order valence-corrected chi connectivity index (χ4v) is 2.92. The molecule has 1 N–H and O–H groups in total. The third-order valence-electron chi connectivity index (χ3n) is 4.37. The minimum Gasteiger partial charge on any atom is -0.418 e. The van der Waals surface area contributed by atoms with Crippen molar-refractivity contribution < 1.29 is 8.81 Å². The summed E-state index contributed by atoms with van der Waals surface area (Å²) in [4.78, 5) is 0. The Labute approximate surface area is 156 Å².